The Morgan fingerprint density at radius 2 is 2.05 bits per heavy atom. The first-order valence-corrected chi connectivity index (χ1v) is 7.41. The topological polar surface area (TPSA) is 52.3 Å². The molecular formula is C14H14BrNO2S. The van der Waals surface area contributed by atoms with E-state index in [1.807, 2.05) is 31.4 Å². The van der Waals surface area contributed by atoms with Gasteiger partial charge in [0.15, 0.2) is 0 Å². The van der Waals surface area contributed by atoms with Crippen molar-refractivity contribution in [3.05, 3.63) is 49.6 Å². The van der Waals surface area contributed by atoms with Gasteiger partial charge in [-0.15, -0.1) is 11.3 Å². The maximum atomic E-state index is 12.0. The molecule has 0 saturated heterocycles. The van der Waals surface area contributed by atoms with Gasteiger partial charge in [-0.1, -0.05) is 6.07 Å². The first-order chi connectivity index (χ1) is 8.97. The van der Waals surface area contributed by atoms with E-state index in [0.717, 1.165) is 20.5 Å². The molecule has 100 valence electrons. The monoisotopic (exact) mass is 339 g/mol. The Labute approximate surface area is 124 Å². The summed E-state index contributed by atoms with van der Waals surface area (Å²) in [7, 11) is 0. The molecule has 19 heavy (non-hydrogen) atoms. The molecule has 0 unspecified atom stereocenters. The number of nitrogens with two attached hydrogens (primary N) is 1. The van der Waals surface area contributed by atoms with E-state index in [9.17, 15) is 4.79 Å². The van der Waals surface area contributed by atoms with E-state index in [1.165, 1.54) is 0 Å². The smallest absolute Gasteiger partial charge is 0.338 e. The number of rotatable bonds is 3. The molecule has 0 atom stereocenters. The van der Waals surface area contributed by atoms with Crippen LogP contribution in [0.3, 0.4) is 0 Å². The number of thiophene rings is 1. The lowest BCUT2D eigenvalue weighted by Gasteiger charge is -2.09. The normalized spacial score (nSPS) is 10.5. The molecule has 0 aliphatic heterocycles. The van der Waals surface area contributed by atoms with E-state index in [4.69, 9.17) is 10.5 Å². The number of hydrogen-bond donors (Lipinski definition) is 1. The summed E-state index contributed by atoms with van der Waals surface area (Å²) in [5.74, 6) is -0.339. The number of aryl methyl sites for hydroxylation is 2. The first kappa shape index (κ1) is 14.1. The van der Waals surface area contributed by atoms with Gasteiger partial charge in [0, 0.05) is 20.4 Å². The molecule has 5 heteroatoms. The van der Waals surface area contributed by atoms with Gasteiger partial charge >= 0.3 is 5.97 Å². The second-order valence-electron chi connectivity index (χ2n) is 4.33. The Kier molecular flexibility index (Phi) is 4.27. The van der Waals surface area contributed by atoms with Gasteiger partial charge in [0.25, 0.3) is 0 Å². The van der Waals surface area contributed by atoms with Crippen LogP contribution in [-0.2, 0) is 11.3 Å². The third-order valence-corrected chi connectivity index (χ3v) is 4.47. The van der Waals surface area contributed by atoms with Crippen LogP contribution in [0, 0.1) is 13.8 Å². The van der Waals surface area contributed by atoms with Gasteiger partial charge in [-0.3, -0.25) is 0 Å². The van der Waals surface area contributed by atoms with Gasteiger partial charge < -0.3 is 10.5 Å². The summed E-state index contributed by atoms with van der Waals surface area (Å²) in [5.41, 5.74) is 8.81. The summed E-state index contributed by atoms with van der Waals surface area (Å²) in [5, 5.41) is 1.96. The molecule has 3 nitrogen and oxygen atoms in total. The molecule has 1 aromatic carbocycles. The van der Waals surface area contributed by atoms with Crippen molar-refractivity contribution in [2.24, 2.45) is 0 Å². The SMILES string of the molecule is Cc1cc(C)c(C(=O)OCc2cc(Br)cs2)cc1N. The van der Waals surface area contributed by atoms with E-state index < -0.39 is 0 Å². The number of halogens is 1. The van der Waals surface area contributed by atoms with Gasteiger partial charge in [-0.05, 0) is 53.0 Å². The fourth-order valence-electron chi connectivity index (χ4n) is 1.73. The molecule has 0 radical (unpaired) electrons. The minimum Gasteiger partial charge on any atom is -0.456 e. The van der Waals surface area contributed by atoms with Crippen molar-refractivity contribution in [1.29, 1.82) is 0 Å². The molecule has 0 saturated carbocycles. The zero-order valence-electron chi connectivity index (χ0n) is 10.7. The van der Waals surface area contributed by atoms with Crippen LogP contribution >= 0.6 is 27.3 Å². The maximum absolute atomic E-state index is 12.0. The Morgan fingerprint density at radius 1 is 1.32 bits per heavy atom. The van der Waals surface area contributed by atoms with Crippen molar-refractivity contribution in [1.82, 2.24) is 0 Å². The molecule has 2 aromatic rings. The number of benzene rings is 1. The van der Waals surface area contributed by atoms with Gasteiger partial charge in [-0.2, -0.15) is 0 Å². The fourth-order valence-corrected chi connectivity index (χ4v) is 3.10. The second kappa shape index (κ2) is 5.75. The van der Waals surface area contributed by atoms with Crippen molar-refractivity contribution in [3.63, 3.8) is 0 Å². The summed E-state index contributed by atoms with van der Waals surface area (Å²) in [6.07, 6.45) is 0. The summed E-state index contributed by atoms with van der Waals surface area (Å²) < 4.78 is 6.30. The lowest BCUT2D eigenvalue weighted by molar-refractivity contribution is 0.0476. The number of anilines is 1. The quantitative estimate of drug-likeness (QED) is 0.677. The van der Waals surface area contributed by atoms with Crippen LogP contribution in [0.15, 0.2) is 28.1 Å². The van der Waals surface area contributed by atoms with Crippen LogP contribution < -0.4 is 5.73 Å². The highest BCUT2D eigenvalue weighted by Crippen LogP contribution is 2.22. The standard InChI is InChI=1S/C14H14BrNO2S/c1-8-3-9(2)13(16)5-12(8)14(17)18-6-11-4-10(15)7-19-11/h3-5,7H,6,16H2,1-2H3. The average Bonchev–Trinajstić information content (AvgIpc) is 2.77. The van der Waals surface area contributed by atoms with Crippen molar-refractivity contribution in [2.45, 2.75) is 20.5 Å². The molecule has 2 N–H and O–H groups in total. The third kappa shape index (κ3) is 3.36. The Morgan fingerprint density at radius 3 is 2.68 bits per heavy atom. The molecule has 2 rings (SSSR count). The largest absolute Gasteiger partial charge is 0.456 e. The fraction of sp³-hybridized carbons (Fsp3) is 0.214. The Bertz CT molecular complexity index is 622. The first-order valence-electron chi connectivity index (χ1n) is 5.74. The summed E-state index contributed by atoms with van der Waals surface area (Å²) in [6.45, 7) is 4.08. The number of carbonyl (C=O) groups excluding carboxylic acids is 1. The van der Waals surface area contributed by atoms with Crippen LogP contribution in [0.25, 0.3) is 0 Å². The van der Waals surface area contributed by atoms with Crippen molar-refractivity contribution >= 4 is 38.9 Å². The van der Waals surface area contributed by atoms with Crippen molar-refractivity contribution < 1.29 is 9.53 Å². The van der Waals surface area contributed by atoms with E-state index in [1.54, 1.807) is 17.4 Å². The number of carbonyl (C=O) groups is 1. The minimum atomic E-state index is -0.339. The van der Waals surface area contributed by atoms with Crippen LogP contribution in [0.1, 0.15) is 26.4 Å². The number of nitrogen functional groups attached to an aromatic ring is 1. The Balaban J connectivity index is 2.10. The highest BCUT2D eigenvalue weighted by atomic mass is 79.9. The van der Waals surface area contributed by atoms with E-state index in [-0.39, 0.29) is 12.6 Å². The number of ether oxygens (including phenoxy) is 1. The zero-order valence-corrected chi connectivity index (χ0v) is 13.1. The van der Waals surface area contributed by atoms with Crippen molar-refractivity contribution in [3.8, 4) is 0 Å². The lowest BCUT2D eigenvalue weighted by atomic mass is 10.0. The predicted octanol–water partition coefficient (Wildman–Crippen LogP) is 4.07. The molecule has 1 heterocycles. The van der Waals surface area contributed by atoms with Gasteiger partial charge in [-0.25, -0.2) is 4.79 Å². The van der Waals surface area contributed by atoms with Crippen LogP contribution in [0.4, 0.5) is 5.69 Å². The van der Waals surface area contributed by atoms with Gasteiger partial charge in [0.2, 0.25) is 0 Å². The summed E-state index contributed by atoms with van der Waals surface area (Å²) in [6, 6.07) is 5.51. The average molecular weight is 340 g/mol. The molecule has 1 aromatic heterocycles. The molecule has 0 aliphatic carbocycles. The van der Waals surface area contributed by atoms with Crippen LogP contribution in [0.5, 0.6) is 0 Å². The van der Waals surface area contributed by atoms with Crippen LogP contribution in [0.2, 0.25) is 0 Å². The summed E-state index contributed by atoms with van der Waals surface area (Å²) in [4.78, 5) is 13.0. The van der Waals surface area contributed by atoms with E-state index in [2.05, 4.69) is 15.9 Å². The van der Waals surface area contributed by atoms with E-state index in [0.29, 0.717) is 11.3 Å². The highest BCUT2D eigenvalue weighted by Gasteiger charge is 2.13. The molecule has 0 bridgehead atoms. The molecule has 0 aliphatic rings. The van der Waals surface area contributed by atoms with Gasteiger partial charge in [0.05, 0.1) is 5.56 Å². The highest BCUT2D eigenvalue weighted by molar-refractivity contribution is 9.10. The van der Waals surface area contributed by atoms with Crippen LogP contribution in [-0.4, -0.2) is 5.97 Å². The lowest BCUT2D eigenvalue weighted by Crippen LogP contribution is -2.08. The molecule has 0 spiro atoms. The molecule has 0 amide bonds. The number of hydrogen-bond acceptors (Lipinski definition) is 4. The molecule has 0 fully saturated rings. The Hall–Kier alpha value is -1.33. The molecular weight excluding hydrogens is 326 g/mol. The second-order valence-corrected chi connectivity index (χ2v) is 6.24. The zero-order chi connectivity index (χ0) is 14.0. The predicted molar refractivity (Wildman–Crippen MR) is 81.5 cm³/mol. The van der Waals surface area contributed by atoms with Gasteiger partial charge in [0.1, 0.15) is 6.61 Å². The maximum Gasteiger partial charge on any atom is 0.338 e. The summed E-state index contributed by atoms with van der Waals surface area (Å²) >= 11 is 4.91. The van der Waals surface area contributed by atoms with E-state index >= 15 is 0 Å². The minimum absolute atomic E-state index is 0.280. The van der Waals surface area contributed by atoms with Crippen molar-refractivity contribution in [2.75, 3.05) is 5.73 Å². The number of esters is 1. The third-order valence-electron chi connectivity index (χ3n) is 2.80.